The highest BCUT2D eigenvalue weighted by molar-refractivity contribution is 7.10. The Hall–Kier alpha value is -1.39. The molecule has 1 aromatic heterocycles. The average Bonchev–Trinajstić information content (AvgIpc) is 3.00. The van der Waals surface area contributed by atoms with Gasteiger partial charge in [-0.2, -0.15) is 0 Å². The molecule has 2 nitrogen and oxygen atoms in total. The van der Waals surface area contributed by atoms with Crippen LogP contribution in [0.3, 0.4) is 0 Å². The van der Waals surface area contributed by atoms with Crippen LogP contribution < -0.4 is 10.2 Å². The number of nitrogens with zero attached hydrogens (tertiary/aromatic N) is 1. The normalized spacial score (nSPS) is 14.0. The molecule has 114 valence electrons. The van der Waals surface area contributed by atoms with E-state index in [9.17, 15) is 4.39 Å². The summed E-state index contributed by atoms with van der Waals surface area (Å²) in [5, 5.41) is 5.46. The number of anilines is 1. The van der Waals surface area contributed by atoms with Crippen molar-refractivity contribution in [2.45, 2.75) is 32.9 Å². The quantitative estimate of drug-likeness (QED) is 0.828. The van der Waals surface area contributed by atoms with Gasteiger partial charge in [0, 0.05) is 23.7 Å². The monoisotopic (exact) mass is 306 g/mol. The largest absolute Gasteiger partial charge is 0.367 e. The number of hydrogen-bond donors (Lipinski definition) is 1. The second kappa shape index (κ2) is 7.05. The van der Waals surface area contributed by atoms with E-state index >= 15 is 0 Å². The molecule has 0 aliphatic carbocycles. The van der Waals surface area contributed by atoms with Gasteiger partial charge in [-0.15, -0.1) is 11.3 Å². The minimum Gasteiger partial charge on any atom is -0.367 e. The molecule has 0 radical (unpaired) electrons. The Morgan fingerprint density at radius 3 is 2.67 bits per heavy atom. The summed E-state index contributed by atoms with van der Waals surface area (Å²) < 4.78 is 13.6. The molecule has 0 saturated heterocycles. The molecule has 0 spiro atoms. The molecule has 21 heavy (non-hydrogen) atoms. The van der Waals surface area contributed by atoms with Crippen LogP contribution in [0.5, 0.6) is 0 Å². The first kappa shape index (κ1) is 16.0. The van der Waals surface area contributed by atoms with Crippen LogP contribution in [0.2, 0.25) is 0 Å². The molecule has 2 rings (SSSR count). The third-order valence-electron chi connectivity index (χ3n) is 3.88. The van der Waals surface area contributed by atoms with Crippen LogP contribution in [0, 0.1) is 5.82 Å². The first-order valence-corrected chi connectivity index (χ1v) is 8.21. The Morgan fingerprint density at radius 1 is 1.29 bits per heavy atom. The summed E-state index contributed by atoms with van der Waals surface area (Å²) in [6, 6.07) is 9.65. The SMILES string of the molecule is CCNC(C)c1cc(F)ccc1N(C)C(C)c1cccs1. The van der Waals surface area contributed by atoms with E-state index < -0.39 is 0 Å². The van der Waals surface area contributed by atoms with Gasteiger partial charge < -0.3 is 10.2 Å². The lowest BCUT2D eigenvalue weighted by Gasteiger charge is -2.30. The van der Waals surface area contributed by atoms with E-state index in [0.717, 1.165) is 17.8 Å². The standard InChI is InChI=1S/C17H23FN2S/c1-5-19-12(2)15-11-14(18)8-9-16(15)20(4)13(3)17-7-6-10-21-17/h6-13,19H,5H2,1-4H3. The van der Waals surface area contributed by atoms with Crippen LogP contribution in [-0.2, 0) is 0 Å². The number of hydrogen-bond acceptors (Lipinski definition) is 3. The zero-order chi connectivity index (χ0) is 15.4. The van der Waals surface area contributed by atoms with Gasteiger partial charge in [-0.25, -0.2) is 4.39 Å². The Morgan fingerprint density at radius 2 is 2.05 bits per heavy atom. The van der Waals surface area contributed by atoms with Crippen LogP contribution in [0.15, 0.2) is 35.7 Å². The lowest BCUT2D eigenvalue weighted by Crippen LogP contribution is -2.25. The van der Waals surface area contributed by atoms with Gasteiger partial charge >= 0.3 is 0 Å². The van der Waals surface area contributed by atoms with Crippen molar-refractivity contribution in [3.8, 4) is 0 Å². The summed E-state index contributed by atoms with van der Waals surface area (Å²) in [5.74, 6) is -0.185. The molecule has 4 heteroatoms. The number of rotatable bonds is 6. The first-order chi connectivity index (χ1) is 10.0. The molecular weight excluding hydrogens is 283 g/mol. The molecule has 2 atom stereocenters. The van der Waals surface area contributed by atoms with Crippen LogP contribution in [0.4, 0.5) is 10.1 Å². The zero-order valence-corrected chi connectivity index (χ0v) is 13.9. The van der Waals surface area contributed by atoms with Gasteiger partial charge in [0.1, 0.15) is 5.82 Å². The summed E-state index contributed by atoms with van der Waals surface area (Å²) >= 11 is 1.75. The number of halogens is 1. The van der Waals surface area contributed by atoms with E-state index in [2.05, 4.69) is 55.5 Å². The molecule has 0 fully saturated rings. The second-order valence-corrected chi connectivity index (χ2v) is 6.26. The third kappa shape index (κ3) is 3.63. The van der Waals surface area contributed by atoms with Crippen molar-refractivity contribution in [1.82, 2.24) is 5.32 Å². The summed E-state index contributed by atoms with van der Waals surface area (Å²) in [4.78, 5) is 3.53. The molecule has 0 amide bonds. The number of thiophene rings is 1. The third-order valence-corrected chi connectivity index (χ3v) is 4.92. The fraction of sp³-hybridized carbons (Fsp3) is 0.412. The van der Waals surface area contributed by atoms with Crippen molar-refractivity contribution >= 4 is 17.0 Å². The molecule has 1 heterocycles. The van der Waals surface area contributed by atoms with Crippen molar-refractivity contribution in [3.63, 3.8) is 0 Å². The van der Waals surface area contributed by atoms with Gasteiger partial charge in [0.2, 0.25) is 0 Å². The summed E-state index contributed by atoms with van der Waals surface area (Å²) in [6.07, 6.45) is 0. The van der Waals surface area contributed by atoms with Gasteiger partial charge in [-0.3, -0.25) is 0 Å². The van der Waals surface area contributed by atoms with Crippen LogP contribution >= 0.6 is 11.3 Å². The molecule has 0 aliphatic rings. The van der Waals surface area contributed by atoms with Crippen molar-refractivity contribution in [3.05, 3.63) is 52.0 Å². The molecule has 0 aliphatic heterocycles. The Balaban J connectivity index is 2.33. The maximum absolute atomic E-state index is 13.6. The highest BCUT2D eigenvalue weighted by atomic mass is 32.1. The van der Waals surface area contributed by atoms with E-state index in [1.165, 1.54) is 10.9 Å². The Labute approximate surface area is 130 Å². The fourth-order valence-corrected chi connectivity index (χ4v) is 3.36. The van der Waals surface area contributed by atoms with Crippen molar-refractivity contribution < 1.29 is 4.39 Å². The number of nitrogens with one attached hydrogen (secondary N) is 1. The van der Waals surface area contributed by atoms with Gasteiger partial charge in [0.25, 0.3) is 0 Å². The second-order valence-electron chi connectivity index (χ2n) is 5.28. The Bertz CT molecular complexity index is 568. The predicted molar refractivity (Wildman–Crippen MR) is 89.6 cm³/mol. The molecule has 0 saturated carbocycles. The van der Waals surface area contributed by atoms with Gasteiger partial charge in [0.15, 0.2) is 0 Å². The van der Waals surface area contributed by atoms with E-state index in [-0.39, 0.29) is 17.9 Å². The highest BCUT2D eigenvalue weighted by Crippen LogP contribution is 2.33. The summed E-state index contributed by atoms with van der Waals surface area (Å²) in [7, 11) is 2.07. The average molecular weight is 306 g/mol. The van der Waals surface area contributed by atoms with Crippen molar-refractivity contribution in [1.29, 1.82) is 0 Å². The topological polar surface area (TPSA) is 15.3 Å². The number of benzene rings is 1. The smallest absolute Gasteiger partial charge is 0.123 e. The van der Waals surface area contributed by atoms with Gasteiger partial charge in [0.05, 0.1) is 6.04 Å². The summed E-state index contributed by atoms with van der Waals surface area (Å²) in [6.45, 7) is 7.18. The molecule has 1 N–H and O–H groups in total. The maximum atomic E-state index is 13.6. The van der Waals surface area contributed by atoms with Gasteiger partial charge in [-0.1, -0.05) is 13.0 Å². The van der Waals surface area contributed by atoms with E-state index in [1.54, 1.807) is 17.4 Å². The molecule has 2 aromatic rings. The van der Waals surface area contributed by atoms with Crippen molar-refractivity contribution in [2.24, 2.45) is 0 Å². The molecule has 1 aromatic carbocycles. The molecule has 0 bridgehead atoms. The fourth-order valence-electron chi connectivity index (χ4n) is 2.54. The van der Waals surface area contributed by atoms with E-state index in [1.807, 2.05) is 6.07 Å². The minimum atomic E-state index is -0.185. The van der Waals surface area contributed by atoms with E-state index in [0.29, 0.717) is 0 Å². The summed E-state index contributed by atoms with van der Waals surface area (Å²) in [5.41, 5.74) is 2.08. The zero-order valence-electron chi connectivity index (χ0n) is 13.1. The Kier molecular flexibility index (Phi) is 5.37. The lowest BCUT2D eigenvalue weighted by molar-refractivity contribution is 0.579. The maximum Gasteiger partial charge on any atom is 0.123 e. The van der Waals surface area contributed by atoms with Gasteiger partial charge in [-0.05, 0) is 55.6 Å². The predicted octanol–water partition coefficient (Wildman–Crippen LogP) is 4.76. The van der Waals surface area contributed by atoms with Crippen LogP contribution in [0.1, 0.15) is 43.3 Å². The first-order valence-electron chi connectivity index (χ1n) is 7.33. The molecular formula is C17H23FN2S. The lowest BCUT2D eigenvalue weighted by atomic mass is 10.0. The van der Waals surface area contributed by atoms with Crippen LogP contribution in [0.25, 0.3) is 0 Å². The van der Waals surface area contributed by atoms with Crippen molar-refractivity contribution in [2.75, 3.05) is 18.5 Å². The van der Waals surface area contributed by atoms with Crippen LogP contribution in [-0.4, -0.2) is 13.6 Å². The highest BCUT2D eigenvalue weighted by Gasteiger charge is 2.19. The minimum absolute atomic E-state index is 0.124. The van der Waals surface area contributed by atoms with E-state index in [4.69, 9.17) is 0 Å². The molecule has 2 unspecified atom stereocenters.